The molecule has 3 aromatic rings. The molecule has 1 aliphatic rings. The number of nitrogens with zero attached hydrogens (tertiary/aromatic N) is 3. The van der Waals surface area contributed by atoms with E-state index in [1.165, 1.54) is 0 Å². The van der Waals surface area contributed by atoms with Crippen LogP contribution in [0.2, 0.25) is 0 Å². The second kappa shape index (κ2) is 6.88. The van der Waals surface area contributed by atoms with Crippen molar-refractivity contribution in [3.8, 4) is 11.3 Å². The highest BCUT2D eigenvalue weighted by Gasteiger charge is 2.47. The van der Waals surface area contributed by atoms with E-state index in [9.17, 15) is 9.59 Å². The number of aromatic nitrogens is 3. The van der Waals surface area contributed by atoms with Crippen molar-refractivity contribution in [1.82, 2.24) is 15.0 Å². The lowest BCUT2D eigenvalue weighted by Gasteiger charge is -2.11. The number of rotatable bonds is 5. The van der Waals surface area contributed by atoms with E-state index in [1.807, 2.05) is 12.1 Å². The number of fused-ring (bicyclic) bond motifs is 1. The molecule has 5 N–H and O–H groups in total. The van der Waals surface area contributed by atoms with E-state index in [1.54, 1.807) is 24.7 Å². The molecule has 0 unspecified atom stereocenters. The number of carbonyl (C=O) groups is 2. The monoisotopic (exact) mass is 376 g/mol. The topological polar surface area (TPSA) is 137 Å². The highest BCUT2D eigenvalue weighted by atomic mass is 16.2. The van der Waals surface area contributed by atoms with Crippen LogP contribution in [0.15, 0.2) is 36.8 Å². The molecule has 0 aromatic carbocycles. The number of anilines is 2. The minimum atomic E-state index is -0.446. The maximum atomic E-state index is 12.3. The number of nitrogens with one attached hydrogen (secondary N) is 1. The number of hydrogen-bond donors (Lipinski definition) is 3. The Kier molecular flexibility index (Phi) is 4.38. The van der Waals surface area contributed by atoms with Crippen molar-refractivity contribution in [2.24, 2.45) is 17.6 Å². The molecule has 4 rings (SSSR count). The van der Waals surface area contributed by atoms with E-state index in [2.05, 4.69) is 27.2 Å². The first-order valence-corrected chi connectivity index (χ1v) is 9.07. The minimum absolute atomic E-state index is 0.251. The largest absolute Gasteiger partial charge is 0.383 e. The van der Waals surface area contributed by atoms with Crippen molar-refractivity contribution in [3.63, 3.8) is 0 Å². The molecule has 0 saturated heterocycles. The van der Waals surface area contributed by atoms with Gasteiger partial charge in [-0.25, -0.2) is 9.97 Å². The van der Waals surface area contributed by atoms with Crippen LogP contribution in [0.3, 0.4) is 0 Å². The fourth-order valence-electron chi connectivity index (χ4n) is 3.36. The Hall–Kier alpha value is -3.55. The molecule has 1 fully saturated rings. The number of nitrogens with two attached hydrogens (primary N) is 2. The van der Waals surface area contributed by atoms with Crippen molar-refractivity contribution in [1.29, 1.82) is 0 Å². The molecule has 0 aliphatic heterocycles. The molecule has 3 heterocycles. The van der Waals surface area contributed by atoms with Gasteiger partial charge in [-0.1, -0.05) is 6.92 Å². The van der Waals surface area contributed by atoms with E-state index in [0.717, 1.165) is 28.6 Å². The van der Waals surface area contributed by atoms with Gasteiger partial charge in [-0.15, -0.1) is 0 Å². The molecule has 0 spiro atoms. The summed E-state index contributed by atoms with van der Waals surface area (Å²) >= 11 is 0. The quantitative estimate of drug-likeness (QED) is 0.622. The predicted octanol–water partition coefficient (Wildman–Crippen LogP) is 1.90. The highest BCUT2D eigenvalue weighted by Crippen LogP contribution is 2.39. The van der Waals surface area contributed by atoms with Crippen LogP contribution in [0, 0.1) is 11.8 Å². The SMILES string of the molecule is CCc1ccncc1-c1cc2cc(NC(=O)[C@@H]3C[C@@H]3C(N)=O)ncc2c(N)n1. The van der Waals surface area contributed by atoms with Gasteiger partial charge in [0.2, 0.25) is 11.8 Å². The summed E-state index contributed by atoms with van der Waals surface area (Å²) in [6, 6.07) is 5.61. The van der Waals surface area contributed by atoms with Crippen LogP contribution in [0.4, 0.5) is 11.6 Å². The number of amides is 2. The molecule has 28 heavy (non-hydrogen) atoms. The van der Waals surface area contributed by atoms with Gasteiger partial charge >= 0.3 is 0 Å². The van der Waals surface area contributed by atoms with E-state index in [-0.39, 0.29) is 17.7 Å². The molecule has 2 atom stereocenters. The van der Waals surface area contributed by atoms with Gasteiger partial charge in [0.25, 0.3) is 0 Å². The van der Waals surface area contributed by atoms with Crippen molar-refractivity contribution in [2.75, 3.05) is 11.1 Å². The maximum absolute atomic E-state index is 12.3. The lowest BCUT2D eigenvalue weighted by Crippen LogP contribution is -2.21. The lowest BCUT2D eigenvalue weighted by molar-refractivity contribution is -0.123. The van der Waals surface area contributed by atoms with Crippen molar-refractivity contribution >= 4 is 34.2 Å². The molecule has 8 heteroatoms. The molecular formula is C20H20N6O2. The smallest absolute Gasteiger partial charge is 0.229 e. The first-order chi connectivity index (χ1) is 13.5. The third-order valence-corrected chi connectivity index (χ3v) is 5.06. The molecular weight excluding hydrogens is 356 g/mol. The standard InChI is InChI=1S/C20H20N6O2/c1-2-10-3-4-23-8-14(10)16-5-11-6-17(24-9-15(11)18(21)25-16)26-20(28)13-7-12(13)19(22)27/h3-6,8-9,12-13H,2,7H2,1H3,(H2,21,25)(H2,22,27)(H,24,26,28)/t12-,13+/m0/s1. The van der Waals surface area contributed by atoms with Crippen LogP contribution in [0.1, 0.15) is 18.9 Å². The van der Waals surface area contributed by atoms with Gasteiger partial charge in [0, 0.05) is 29.5 Å². The third kappa shape index (κ3) is 3.24. The van der Waals surface area contributed by atoms with E-state index in [4.69, 9.17) is 11.5 Å². The molecule has 3 aromatic heterocycles. The number of aryl methyl sites for hydroxylation is 1. The second-order valence-corrected chi connectivity index (χ2v) is 6.91. The van der Waals surface area contributed by atoms with Crippen molar-refractivity contribution in [3.05, 3.63) is 42.4 Å². The first-order valence-electron chi connectivity index (χ1n) is 9.07. The number of pyridine rings is 3. The molecule has 8 nitrogen and oxygen atoms in total. The molecule has 0 radical (unpaired) electrons. The number of carbonyl (C=O) groups excluding carboxylic acids is 2. The Morgan fingerprint density at radius 3 is 2.79 bits per heavy atom. The molecule has 1 aliphatic carbocycles. The van der Waals surface area contributed by atoms with Gasteiger partial charge in [0.05, 0.1) is 17.5 Å². The normalized spacial score (nSPS) is 18.0. The van der Waals surface area contributed by atoms with Crippen LogP contribution >= 0.6 is 0 Å². The molecule has 1 saturated carbocycles. The Bertz CT molecular complexity index is 1100. The molecule has 142 valence electrons. The van der Waals surface area contributed by atoms with Gasteiger partial charge in [-0.05, 0) is 42.0 Å². The van der Waals surface area contributed by atoms with Gasteiger partial charge in [0.1, 0.15) is 11.6 Å². The highest BCUT2D eigenvalue weighted by molar-refractivity contribution is 6.01. The second-order valence-electron chi connectivity index (χ2n) is 6.91. The van der Waals surface area contributed by atoms with Gasteiger partial charge in [-0.3, -0.25) is 14.6 Å². The fraction of sp³-hybridized carbons (Fsp3) is 0.250. The summed E-state index contributed by atoms with van der Waals surface area (Å²) in [5.41, 5.74) is 14.1. The average Bonchev–Trinajstić information content (AvgIpc) is 3.49. The van der Waals surface area contributed by atoms with Gasteiger partial charge < -0.3 is 16.8 Å². The van der Waals surface area contributed by atoms with Crippen LogP contribution in [0.5, 0.6) is 0 Å². The maximum Gasteiger partial charge on any atom is 0.229 e. The van der Waals surface area contributed by atoms with Crippen molar-refractivity contribution in [2.45, 2.75) is 19.8 Å². The first kappa shape index (κ1) is 17.8. The lowest BCUT2D eigenvalue weighted by atomic mass is 10.0. The zero-order valence-corrected chi connectivity index (χ0v) is 15.3. The van der Waals surface area contributed by atoms with E-state index in [0.29, 0.717) is 23.4 Å². The number of nitrogen functional groups attached to an aromatic ring is 1. The fourth-order valence-corrected chi connectivity index (χ4v) is 3.36. The Morgan fingerprint density at radius 1 is 1.25 bits per heavy atom. The van der Waals surface area contributed by atoms with Crippen LogP contribution in [-0.2, 0) is 16.0 Å². The Morgan fingerprint density at radius 2 is 2.07 bits per heavy atom. The zero-order valence-electron chi connectivity index (χ0n) is 15.3. The van der Waals surface area contributed by atoms with Gasteiger partial charge in [-0.2, -0.15) is 0 Å². The summed E-state index contributed by atoms with van der Waals surface area (Å²) in [5, 5.41) is 4.26. The summed E-state index contributed by atoms with van der Waals surface area (Å²) in [6.07, 6.45) is 6.43. The zero-order chi connectivity index (χ0) is 19.8. The van der Waals surface area contributed by atoms with Crippen molar-refractivity contribution < 1.29 is 9.59 Å². The Balaban J connectivity index is 1.67. The molecule has 0 bridgehead atoms. The summed E-state index contributed by atoms with van der Waals surface area (Å²) in [7, 11) is 0. The van der Waals surface area contributed by atoms with Crippen LogP contribution in [0.25, 0.3) is 22.0 Å². The van der Waals surface area contributed by atoms with Crippen LogP contribution in [-0.4, -0.2) is 26.8 Å². The van der Waals surface area contributed by atoms with E-state index >= 15 is 0 Å². The average molecular weight is 376 g/mol. The summed E-state index contributed by atoms with van der Waals surface area (Å²) in [5.74, 6) is -0.705. The summed E-state index contributed by atoms with van der Waals surface area (Å²) in [4.78, 5) is 36.4. The van der Waals surface area contributed by atoms with Crippen LogP contribution < -0.4 is 16.8 Å². The third-order valence-electron chi connectivity index (χ3n) is 5.06. The predicted molar refractivity (Wildman–Crippen MR) is 106 cm³/mol. The Labute approximate surface area is 161 Å². The summed E-state index contributed by atoms with van der Waals surface area (Å²) < 4.78 is 0. The summed E-state index contributed by atoms with van der Waals surface area (Å²) in [6.45, 7) is 2.07. The number of hydrogen-bond acceptors (Lipinski definition) is 6. The number of primary amides is 1. The molecule has 2 amide bonds. The van der Waals surface area contributed by atoms with Gasteiger partial charge in [0.15, 0.2) is 0 Å². The minimum Gasteiger partial charge on any atom is -0.383 e. The van der Waals surface area contributed by atoms with E-state index < -0.39 is 5.91 Å².